The minimum Gasteiger partial charge on any atom is -0.384 e. The van der Waals surface area contributed by atoms with Crippen LogP contribution in [-0.4, -0.2) is 38.1 Å². The topological polar surface area (TPSA) is 12.5 Å². The van der Waals surface area contributed by atoms with Crippen LogP contribution in [0.25, 0.3) is 0 Å². The van der Waals surface area contributed by atoms with Gasteiger partial charge < -0.3 is 4.74 Å². The molecule has 0 spiro atoms. The van der Waals surface area contributed by atoms with Crippen molar-refractivity contribution < 1.29 is 4.74 Å². The minimum atomic E-state index is 0.599. The van der Waals surface area contributed by atoms with Gasteiger partial charge in [-0.05, 0) is 13.0 Å². The Morgan fingerprint density at radius 2 is 1.92 bits per heavy atom. The molecule has 2 nitrogen and oxygen atoms in total. The van der Waals surface area contributed by atoms with Crippen LogP contribution in [-0.2, 0) is 4.74 Å². The summed E-state index contributed by atoms with van der Waals surface area (Å²) in [5.74, 6) is 1.41. The Labute approximate surface area is 82.7 Å². The molecule has 0 heterocycles. The van der Waals surface area contributed by atoms with Crippen molar-refractivity contribution in [2.45, 2.75) is 20.8 Å². The average molecular weight is 193 g/mol. The van der Waals surface area contributed by atoms with E-state index >= 15 is 0 Å². The van der Waals surface area contributed by atoms with E-state index < -0.39 is 0 Å². The van der Waals surface area contributed by atoms with Crippen LogP contribution in [0.3, 0.4) is 0 Å². The molecule has 0 saturated carbocycles. The van der Waals surface area contributed by atoms with E-state index in [1.165, 1.54) is 0 Å². The minimum absolute atomic E-state index is 0.599. The highest BCUT2D eigenvalue weighted by Crippen LogP contribution is 1.98. The van der Waals surface area contributed by atoms with Gasteiger partial charge in [0.2, 0.25) is 0 Å². The van der Waals surface area contributed by atoms with Gasteiger partial charge in [0.15, 0.2) is 0 Å². The summed E-state index contributed by atoms with van der Waals surface area (Å²) in [7, 11) is 3.79. The van der Waals surface area contributed by atoms with Crippen molar-refractivity contribution in [1.82, 2.24) is 4.90 Å². The molecule has 0 fully saturated rings. The SMILES string of the molecule is CC.COCC(C)CN(C)CS. The molecule has 0 aromatic carbocycles. The second-order valence-electron chi connectivity index (χ2n) is 2.74. The second-order valence-corrected chi connectivity index (χ2v) is 3.02. The molecule has 0 aliphatic heterocycles. The standard InChI is InChI=1S/C7H17NOS.C2H6/c1-7(5-9-3)4-8(2)6-10;1-2/h7,10H,4-6H2,1-3H3;1-2H3. The quantitative estimate of drug-likeness (QED) is 0.530. The molecule has 0 bridgehead atoms. The first-order valence-corrected chi connectivity index (χ1v) is 5.12. The van der Waals surface area contributed by atoms with E-state index in [0.29, 0.717) is 5.92 Å². The lowest BCUT2D eigenvalue weighted by molar-refractivity contribution is 0.142. The summed E-state index contributed by atoms with van der Waals surface area (Å²) in [5, 5.41) is 0. The Bertz CT molecular complexity index is 80.9. The van der Waals surface area contributed by atoms with Crippen LogP contribution in [0.15, 0.2) is 0 Å². The van der Waals surface area contributed by atoms with Crippen molar-refractivity contribution in [2.24, 2.45) is 5.92 Å². The molecule has 0 aromatic rings. The highest BCUT2D eigenvalue weighted by Gasteiger charge is 2.03. The van der Waals surface area contributed by atoms with E-state index in [4.69, 9.17) is 4.74 Å². The van der Waals surface area contributed by atoms with Gasteiger partial charge in [-0.15, -0.1) is 0 Å². The fourth-order valence-electron chi connectivity index (χ4n) is 0.927. The molecule has 0 aromatic heterocycles. The van der Waals surface area contributed by atoms with Gasteiger partial charge in [0.1, 0.15) is 0 Å². The first kappa shape index (κ1) is 14.8. The number of ether oxygens (including phenoxy) is 1. The van der Waals surface area contributed by atoms with Gasteiger partial charge in [0.25, 0.3) is 0 Å². The molecular weight excluding hydrogens is 170 g/mol. The smallest absolute Gasteiger partial charge is 0.0500 e. The summed E-state index contributed by atoms with van der Waals surface area (Å²) in [4.78, 5) is 2.16. The van der Waals surface area contributed by atoms with Crippen molar-refractivity contribution in [3.63, 3.8) is 0 Å². The van der Waals surface area contributed by atoms with E-state index in [0.717, 1.165) is 19.0 Å². The van der Waals surface area contributed by atoms with Gasteiger partial charge in [0.05, 0.1) is 0 Å². The predicted octanol–water partition coefficient (Wildman–Crippen LogP) is 2.11. The number of nitrogens with zero attached hydrogens (tertiary/aromatic N) is 1. The van der Waals surface area contributed by atoms with Crippen LogP contribution >= 0.6 is 12.6 Å². The van der Waals surface area contributed by atoms with Gasteiger partial charge in [0, 0.05) is 26.1 Å². The first-order chi connectivity index (χ1) is 5.70. The Kier molecular flexibility index (Phi) is 13.9. The summed E-state index contributed by atoms with van der Waals surface area (Å²) in [5.41, 5.74) is 0. The molecular formula is C9H23NOS. The fourth-order valence-corrected chi connectivity index (χ4v) is 1.04. The third kappa shape index (κ3) is 10.3. The molecule has 0 aliphatic rings. The van der Waals surface area contributed by atoms with E-state index in [2.05, 4.69) is 31.5 Å². The van der Waals surface area contributed by atoms with Crippen LogP contribution in [0.5, 0.6) is 0 Å². The molecule has 0 amide bonds. The van der Waals surface area contributed by atoms with Crippen molar-refractivity contribution in [3.8, 4) is 0 Å². The van der Waals surface area contributed by atoms with E-state index in [9.17, 15) is 0 Å². The predicted molar refractivity (Wildman–Crippen MR) is 58.9 cm³/mol. The van der Waals surface area contributed by atoms with E-state index in [-0.39, 0.29) is 0 Å². The summed E-state index contributed by atoms with van der Waals surface area (Å²) in [6, 6.07) is 0. The fraction of sp³-hybridized carbons (Fsp3) is 1.00. The summed E-state index contributed by atoms with van der Waals surface area (Å²) in [6.07, 6.45) is 0. The Hall–Kier alpha value is 0.270. The zero-order valence-electron chi connectivity index (χ0n) is 9.00. The maximum Gasteiger partial charge on any atom is 0.0500 e. The largest absolute Gasteiger partial charge is 0.384 e. The highest BCUT2D eigenvalue weighted by molar-refractivity contribution is 7.80. The number of methoxy groups -OCH3 is 1. The van der Waals surface area contributed by atoms with E-state index in [1.807, 2.05) is 13.8 Å². The molecule has 0 rings (SSSR count). The maximum absolute atomic E-state index is 5.00. The van der Waals surface area contributed by atoms with Crippen LogP contribution in [0, 0.1) is 5.92 Å². The Balaban J connectivity index is 0. The number of hydrogen-bond acceptors (Lipinski definition) is 3. The second kappa shape index (κ2) is 11.3. The lowest BCUT2D eigenvalue weighted by Crippen LogP contribution is -2.25. The van der Waals surface area contributed by atoms with Crippen molar-refractivity contribution >= 4 is 12.6 Å². The zero-order valence-corrected chi connectivity index (χ0v) is 9.90. The maximum atomic E-state index is 5.00. The van der Waals surface area contributed by atoms with Crippen molar-refractivity contribution in [2.75, 3.05) is 33.2 Å². The van der Waals surface area contributed by atoms with Gasteiger partial charge in [-0.2, -0.15) is 12.6 Å². The third-order valence-corrected chi connectivity index (χ3v) is 1.80. The third-order valence-electron chi connectivity index (χ3n) is 1.32. The molecule has 0 saturated heterocycles. The Morgan fingerprint density at radius 3 is 2.25 bits per heavy atom. The molecule has 0 N–H and O–H groups in total. The molecule has 0 radical (unpaired) electrons. The summed E-state index contributed by atoms with van der Waals surface area (Å²) < 4.78 is 5.00. The number of hydrogen-bond donors (Lipinski definition) is 1. The Morgan fingerprint density at radius 1 is 1.42 bits per heavy atom. The molecule has 76 valence electrons. The van der Waals surface area contributed by atoms with E-state index in [1.54, 1.807) is 7.11 Å². The van der Waals surface area contributed by atoms with Crippen molar-refractivity contribution in [1.29, 1.82) is 0 Å². The number of thiol groups is 1. The zero-order chi connectivity index (χ0) is 9.98. The molecule has 1 atom stereocenters. The lowest BCUT2D eigenvalue weighted by Gasteiger charge is -2.17. The summed E-state index contributed by atoms with van der Waals surface area (Å²) in [6.45, 7) is 8.05. The van der Waals surface area contributed by atoms with Gasteiger partial charge in [-0.3, -0.25) is 4.90 Å². The van der Waals surface area contributed by atoms with Crippen LogP contribution in [0.2, 0.25) is 0 Å². The molecule has 12 heavy (non-hydrogen) atoms. The normalized spacial score (nSPS) is 12.2. The lowest BCUT2D eigenvalue weighted by atomic mass is 10.2. The first-order valence-electron chi connectivity index (χ1n) is 4.49. The van der Waals surface area contributed by atoms with Crippen LogP contribution < -0.4 is 0 Å². The molecule has 1 unspecified atom stereocenters. The van der Waals surface area contributed by atoms with Gasteiger partial charge in [-0.1, -0.05) is 20.8 Å². The number of rotatable bonds is 5. The molecule has 3 heteroatoms. The van der Waals surface area contributed by atoms with Gasteiger partial charge >= 0.3 is 0 Å². The monoisotopic (exact) mass is 193 g/mol. The van der Waals surface area contributed by atoms with Crippen molar-refractivity contribution in [3.05, 3.63) is 0 Å². The van der Waals surface area contributed by atoms with Crippen LogP contribution in [0.4, 0.5) is 0 Å². The van der Waals surface area contributed by atoms with Gasteiger partial charge in [-0.25, -0.2) is 0 Å². The highest BCUT2D eigenvalue weighted by atomic mass is 32.1. The van der Waals surface area contributed by atoms with Crippen LogP contribution in [0.1, 0.15) is 20.8 Å². The molecule has 0 aliphatic carbocycles. The summed E-state index contributed by atoms with van der Waals surface area (Å²) >= 11 is 4.14. The average Bonchev–Trinajstić information content (AvgIpc) is 2.08.